The summed E-state index contributed by atoms with van der Waals surface area (Å²) >= 11 is 11.7. The Balaban J connectivity index is 2.52. The van der Waals surface area contributed by atoms with E-state index in [1.54, 1.807) is 18.2 Å². The second-order valence-corrected chi connectivity index (χ2v) is 6.35. The number of carbonyl (C=O) groups excluding carboxylic acids is 3. The van der Waals surface area contributed by atoms with Crippen molar-refractivity contribution >= 4 is 41.0 Å². The lowest BCUT2D eigenvalue weighted by Gasteiger charge is -2.21. The van der Waals surface area contributed by atoms with E-state index in [1.165, 1.54) is 7.11 Å². The Hall–Kier alpha value is -1.79. The highest BCUT2D eigenvalue weighted by molar-refractivity contribution is 6.42. The van der Waals surface area contributed by atoms with Crippen LogP contribution in [-0.2, 0) is 30.3 Å². The summed E-state index contributed by atoms with van der Waals surface area (Å²) in [6.07, 6.45) is 0.632. The van der Waals surface area contributed by atoms with Crippen molar-refractivity contribution in [1.29, 1.82) is 0 Å². The molecule has 0 aromatic heterocycles. The zero-order valence-electron chi connectivity index (χ0n) is 14.3. The number of esters is 2. The number of hydrogen-bond acceptors (Lipinski definition) is 5. The molecule has 0 fully saturated rings. The summed E-state index contributed by atoms with van der Waals surface area (Å²) < 4.78 is 9.60. The number of halogens is 2. The molecule has 0 radical (unpaired) electrons. The molecule has 1 aromatic carbocycles. The molecule has 0 bridgehead atoms. The molecule has 0 aliphatic rings. The van der Waals surface area contributed by atoms with E-state index in [2.05, 4.69) is 10.1 Å². The molecule has 2 atom stereocenters. The van der Waals surface area contributed by atoms with Crippen LogP contribution in [-0.4, -0.2) is 37.6 Å². The van der Waals surface area contributed by atoms with Gasteiger partial charge in [-0.05, 0) is 23.6 Å². The highest BCUT2D eigenvalue weighted by Gasteiger charge is 2.26. The molecular weight excluding hydrogens is 369 g/mol. The molecule has 6 nitrogen and oxygen atoms in total. The summed E-state index contributed by atoms with van der Waals surface area (Å²) in [6, 6.07) is 4.00. The SMILES string of the molecule is CC[C@H](C)[C@@H](NC(=O)COC(=O)Cc1ccc(Cl)c(Cl)c1)C(=O)OC. The van der Waals surface area contributed by atoms with Crippen LogP contribution in [0.1, 0.15) is 25.8 Å². The smallest absolute Gasteiger partial charge is 0.328 e. The van der Waals surface area contributed by atoms with E-state index in [1.807, 2.05) is 13.8 Å². The molecule has 0 saturated heterocycles. The van der Waals surface area contributed by atoms with Crippen LogP contribution in [0.5, 0.6) is 0 Å². The topological polar surface area (TPSA) is 81.7 Å². The van der Waals surface area contributed by atoms with Gasteiger partial charge in [0, 0.05) is 0 Å². The van der Waals surface area contributed by atoms with E-state index >= 15 is 0 Å². The Bertz CT molecular complexity index is 635. The van der Waals surface area contributed by atoms with Crippen molar-refractivity contribution in [3.63, 3.8) is 0 Å². The van der Waals surface area contributed by atoms with Crippen molar-refractivity contribution in [2.24, 2.45) is 5.92 Å². The van der Waals surface area contributed by atoms with Crippen molar-refractivity contribution in [3.8, 4) is 0 Å². The van der Waals surface area contributed by atoms with E-state index in [0.29, 0.717) is 22.0 Å². The fraction of sp³-hybridized carbons (Fsp3) is 0.471. The van der Waals surface area contributed by atoms with Gasteiger partial charge in [0.05, 0.1) is 23.6 Å². The van der Waals surface area contributed by atoms with Crippen molar-refractivity contribution < 1.29 is 23.9 Å². The number of methoxy groups -OCH3 is 1. The van der Waals surface area contributed by atoms with E-state index in [0.717, 1.165) is 0 Å². The predicted octanol–water partition coefficient (Wildman–Crippen LogP) is 2.78. The van der Waals surface area contributed by atoms with Crippen LogP contribution >= 0.6 is 23.2 Å². The lowest BCUT2D eigenvalue weighted by Crippen LogP contribution is -2.47. The van der Waals surface area contributed by atoms with Gasteiger partial charge in [-0.15, -0.1) is 0 Å². The first kappa shape index (κ1) is 21.3. The summed E-state index contributed by atoms with van der Waals surface area (Å²) in [6.45, 7) is 3.23. The van der Waals surface area contributed by atoms with Gasteiger partial charge in [-0.1, -0.05) is 49.5 Å². The summed E-state index contributed by atoms with van der Waals surface area (Å²) in [5, 5.41) is 3.24. The molecule has 25 heavy (non-hydrogen) atoms. The minimum atomic E-state index is -0.781. The standard InChI is InChI=1S/C17H21Cl2NO5/c1-4-10(2)16(17(23)24-3)20-14(21)9-25-15(22)8-11-5-6-12(18)13(19)7-11/h5-7,10,16H,4,8-9H2,1-3H3,(H,20,21)/t10-,16+/m0/s1. The quantitative estimate of drug-likeness (QED) is 0.691. The minimum Gasteiger partial charge on any atom is -0.467 e. The van der Waals surface area contributed by atoms with Crippen molar-refractivity contribution in [2.45, 2.75) is 32.7 Å². The summed E-state index contributed by atoms with van der Waals surface area (Å²) in [7, 11) is 1.25. The number of rotatable bonds is 8. The average molecular weight is 390 g/mol. The Kier molecular flexibility index (Phi) is 8.72. The Morgan fingerprint density at radius 2 is 1.88 bits per heavy atom. The summed E-state index contributed by atoms with van der Waals surface area (Å²) in [5.74, 6) is -1.81. The number of carbonyl (C=O) groups is 3. The molecule has 1 amide bonds. The van der Waals surface area contributed by atoms with Crippen LogP contribution in [0.25, 0.3) is 0 Å². The first-order valence-electron chi connectivity index (χ1n) is 7.75. The van der Waals surface area contributed by atoms with Crippen LogP contribution in [0, 0.1) is 5.92 Å². The van der Waals surface area contributed by atoms with Gasteiger partial charge < -0.3 is 14.8 Å². The zero-order valence-corrected chi connectivity index (χ0v) is 15.8. The Morgan fingerprint density at radius 1 is 1.20 bits per heavy atom. The van der Waals surface area contributed by atoms with E-state index < -0.39 is 30.5 Å². The van der Waals surface area contributed by atoms with Crippen molar-refractivity contribution in [2.75, 3.05) is 13.7 Å². The van der Waals surface area contributed by atoms with Crippen LogP contribution in [0.3, 0.4) is 0 Å². The van der Waals surface area contributed by atoms with Gasteiger partial charge in [0.15, 0.2) is 6.61 Å². The molecular formula is C17H21Cl2NO5. The third-order valence-electron chi connectivity index (χ3n) is 3.68. The molecule has 138 valence electrons. The fourth-order valence-corrected chi connectivity index (χ4v) is 2.35. The highest BCUT2D eigenvalue weighted by Crippen LogP contribution is 2.22. The summed E-state index contributed by atoms with van der Waals surface area (Å²) in [5.41, 5.74) is 0.617. The molecule has 1 rings (SSSR count). The van der Waals surface area contributed by atoms with E-state index in [9.17, 15) is 14.4 Å². The normalized spacial score (nSPS) is 12.8. The first-order chi connectivity index (χ1) is 11.8. The monoisotopic (exact) mass is 389 g/mol. The molecule has 1 aromatic rings. The summed E-state index contributed by atoms with van der Waals surface area (Å²) in [4.78, 5) is 35.4. The number of benzene rings is 1. The fourth-order valence-electron chi connectivity index (χ4n) is 2.02. The maximum atomic E-state index is 11.9. The minimum absolute atomic E-state index is 0.0457. The maximum absolute atomic E-state index is 11.9. The van der Waals surface area contributed by atoms with Gasteiger partial charge in [0.25, 0.3) is 5.91 Å². The molecule has 0 unspecified atom stereocenters. The van der Waals surface area contributed by atoms with Crippen LogP contribution < -0.4 is 5.32 Å². The first-order valence-corrected chi connectivity index (χ1v) is 8.50. The largest absolute Gasteiger partial charge is 0.467 e. The molecule has 1 N–H and O–H groups in total. The molecule has 0 heterocycles. The zero-order chi connectivity index (χ0) is 19.0. The Morgan fingerprint density at radius 3 is 2.44 bits per heavy atom. The molecule has 0 aliphatic carbocycles. The van der Waals surface area contributed by atoms with Gasteiger partial charge in [-0.25, -0.2) is 4.79 Å². The van der Waals surface area contributed by atoms with Gasteiger partial charge in [-0.2, -0.15) is 0 Å². The third kappa shape index (κ3) is 6.92. The van der Waals surface area contributed by atoms with Gasteiger partial charge in [0.1, 0.15) is 6.04 Å². The van der Waals surface area contributed by atoms with Crippen LogP contribution in [0.2, 0.25) is 10.0 Å². The number of hydrogen-bond donors (Lipinski definition) is 1. The maximum Gasteiger partial charge on any atom is 0.328 e. The van der Waals surface area contributed by atoms with Gasteiger partial charge >= 0.3 is 11.9 Å². The molecule has 8 heteroatoms. The van der Waals surface area contributed by atoms with Crippen LogP contribution in [0.4, 0.5) is 0 Å². The average Bonchev–Trinajstić information content (AvgIpc) is 2.59. The van der Waals surface area contributed by atoms with Crippen molar-refractivity contribution in [3.05, 3.63) is 33.8 Å². The molecule has 0 spiro atoms. The highest BCUT2D eigenvalue weighted by atomic mass is 35.5. The van der Waals surface area contributed by atoms with Gasteiger partial charge in [0.2, 0.25) is 0 Å². The van der Waals surface area contributed by atoms with Crippen LogP contribution in [0.15, 0.2) is 18.2 Å². The second-order valence-electron chi connectivity index (χ2n) is 5.54. The number of amides is 1. The second kappa shape index (κ2) is 10.3. The van der Waals surface area contributed by atoms with E-state index in [-0.39, 0.29) is 12.3 Å². The number of ether oxygens (including phenoxy) is 2. The molecule has 0 aliphatic heterocycles. The van der Waals surface area contributed by atoms with E-state index in [4.69, 9.17) is 27.9 Å². The van der Waals surface area contributed by atoms with Crippen molar-refractivity contribution in [1.82, 2.24) is 5.32 Å². The number of nitrogens with one attached hydrogen (secondary N) is 1. The predicted molar refractivity (Wildman–Crippen MR) is 94.5 cm³/mol. The lowest BCUT2D eigenvalue weighted by molar-refractivity contribution is -0.150. The molecule has 0 saturated carbocycles. The lowest BCUT2D eigenvalue weighted by atomic mass is 9.99. The Labute approximate surface area is 156 Å². The third-order valence-corrected chi connectivity index (χ3v) is 4.42. The van der Waals surface area contributed by atoms with Gasteiger partial charge in [-0.3, -0.25) is 9.59 Å².